The molecular formula is C15H20N4O. The largest absolute Gasteiger partial charge is 0.349 e. The maximum Gasteiger partial charge on any atom is 0.220 e. The summed E-state index contributed by atoms with van der Waals surface area (Å²) in [7, 11) is 1.90. The van der Waals surface area contributed by atoms with Crippen LogP contribution in [-0.2, 0) is 18.4 Å². The number of aromatic nitrogens is 2. The number of rotatable bonds is 6. The summed E-state index contributed by atoms with van der Waals surface area (Å²) in [4.78, 5) is 15.9. The van der Waals surface area contributed by atoms with Crippen molar-refractivity contribution in [1.82, 2.24) is 14.9 Å². The van der Waals surface area contributed by atoms with Gasteiger partial charge in [-0.15, -0.1) is 0 Å². The van der Waals surface area contributed by atoms with Crippen molar-refractivity contribution >= 4 is 5.91 Å². The Labute approximate surface area is 118 Å². The predicted molar refractivity (Wildman–Crippen MR) is 77.7 cm³/mol. The highest BCUT2D eigenvalue weighted by Gasteiger charge is 2.09. The maximum absolute atomic E-state index is 11.8. The third-order valence-corrected chi connectivity index (χ3v) is 3.27. The smallest absolute Gasteiger partial charge is 0.220 e. The highest BCUT2D eigenvalue weighted by Crippen LogP contribution is 2.14. The third-order valence-electron chi connectivity index (χ3n) is 3.27. The highest BCUT2D eigenvalue weighted by atomic mass is 16.1. The predicted octanol–water partition coefficient (Wildman–Crippen LogP) is 1.52. The molecule has 1 aromatic carbocycles. The zero-order valence-electron chi connectivity index (χ0n) is 11.6. The number of amides is 1. The fourth-order valence-electron chi connectivity index (χ4n) is 1.99. The van der Waals surface area contributed by atoms with Crippen molar-refractivity contribution in [2.24, 2.45) is 12.8 Å². The molecule has 0 aliphatic carbocycles. The molecule has 20 heavy (non-hydrogen) atoms. The minimum absolute atomic E-state index is 0.000573. The number of benzene rings is 1. The molecule has 1 unspecified atom stereocenters. The maximum atomic E-state index is 11.8. The van der Waals surface area contributed by atoms with Gasteiger partial charge in [0.1, 0.15) is 5.82 Å². The number of carbonyl (C=O) groups excluding carboxylic acids is 1. The van der Waals surface area contributed by atoms with E-state index in [0.717, 1.165) is 11.4 Å². The zero-order valence-corrected chi connectivity index (χ0v) is 11.6. The Hall–Kier alpha value is -2.14. The molecule has 0 saturated carbocycles. The lowest BCUT2D eigenvalue weighted by atomic mass is 10.0. The third kappa shape index (κ3) is 3.93. The van der Waals surface area contributed by atoms with Gasteiger partial charge >= 0.3 is 0 Å². The molecule has 1 aromatic heterocycles. The first-order chi connectivity index (χ1) is 9.66. The molecule has 0 spiro atoms. The number of nitrogens with one attached hydrogen (secondary N) is 1. The molecule has 0 fully saturated rings. The lowest BCUT2D eigenvalue weighted by Crippen LogP contribution is -2.25. The van der Waals surface area contributed by atoms with Crippen LogP contribution in [-0.4, -0.2) is 15.5 Å². The minimum atomic E-state index is -0.102. The van der Waals surface area contributed by atoms with Crippen molar-refractivity contribution in [3.8, 4) is 0 Å². The molecule has 2 rings (SSSR count). The van der Waals surface area contributed by atoms with Gasteiger partial charge in [0, 0.05) is 31.9 Å². The van der Waals surface area contributed by atoms with Gasteiger partial charge in [0.15, 0.2) is 0 Å². The number of nitrogens with two attached hydrogens (primary N) is 1. The topological polar surface area (TPSA) is 72.9 Å². The number of hydrogen-bond acceptors (Lipinski definition) is 3. The van der Waals surface area contributed by atoms with E-state index in [1.807, 2.05) is 48.1 Å². The molecule has 106 valence electrons. The molecule has 0 aliphatic heterocycles. The molecule has 0 saturated heterocycles. The van der Waals surface area contributed by atoms with Gasteiger partial charge in [-0.3, -0.25) is 4.79 Å². The monoisotopic (exact) mass is 272 g/mol. The first kappa shape index (κ1) is 14.3. The fourth-order valence-corrected chi connectivity index (χ4v) is 1.99. The van der Waals surface area contributed by atoms with Gasteiger partial charge in [-0.05, 0) is 12.0 Å². The summed E-state index contributed by atoms with van der Waals surface area (Å²) < 4.78 is 1.88. The number of aryl methyl sites for hydroxylation is 1. The lowest BCUT2D eigenvalue weighted by Gasteiger charge is -2.11. The van der Waals surface area contributed by atoms with E-state index in [4.69, 9.17) is 5.73 Å². The molecule has 1 atom stereocenters. The molecule has 5 heteroatoms. The Morgan fingerprint density at radius 2 is 2.15 bits per heavy atom. The van der Waals surface area contributed by atoms with Crippen LogP contribution in [0.4, 0.5) is 0 Å². The zero-order chi connectivity index (χ0) is 14.4. The minimum Gasteiger partial charge on any atom is -0.349 e. The van der Waals surface area contributed by atoms with Crippen LogP contribution in [0.25, 0.3) is 0 Å². The molecule has 0 bridgehead atoms. The second-order valence-corrected chi connectivity index (χ2v) is 4.79. The van der Waals surface area contributed by atoms with E-state index in [1.54, 1.807) is 6.20 Å². The molecule has 3 N–H and O–H groups in total. The molecule has 5 nitrogen and oxygen atoms in total. The summed E-state index contributed by atoms with van der Waals surface area (Å²) in [6.45, 7) is 0.447. The number of hydrogen-bond donors (Lipinski definition) is 2. The van der Waals surface area contributed by atoms with E-state index in [1.165, 1.54) is 0 Å². The van der Waals surface area contributed by atoms with Gasteiger partial charge in [0.25, 0.3) is 0 Å². The molecule has 2 aromatic rings. The van der Waals surface area contributed by atoms with E-state index in [-0.39, 0.29) is 11.9 Å². The van der Waals surface area contributed by atoms with Crippen LogP contribution < -0.4 is 11.1 Å². The van der Waals surface area contributed by atoms with Gasteiger partial charge in [0.05, 0.1) is 6.54 Å². The van der Waals surface area contributed by atoms with Crippen LogP contribution in [0.2, 0.25) is 0 Å². The summed E-state index contributed by atoms with van der Waals surface area (Å²) >= 11 is 0. The van der Waals surface area contributed by atoms with E-state index >= 15 is 0 Å². The molecule has 0 aliphatic rings. The van der Waals surface area contributed by atoms with E-state index in [0.29, 0.717) is 19.4 Å². The van der Waals surface area contributed by atoms with Crippen molar-refractivity contribution in [3.05, 3.63) is 54.1 Å². The average molecular weight is 272 g/mol. The van der Waals surface area contributed by atoms with Gasteiger partial charge in [-0.25, -0.2) is 4.98 Å². The van der Waals surface area contributed by atoms with Gasteiger partial charge in [0.2, 0.25) is 5.91 Å². The second kappa shape index (κ2) is 6.86. The average Bonchev–Trinajstić information content (AvgIpc) is 2.89. The Balaban J connectivity index is 1.74. The Morgan fingerprint density at radius 3 is 2.80 bits per heavy atom. The summed E-state index contributed by atoms with van der Waals surface area (Å²) in [5, 5.41) is 2.85. The first-order valence-corrected chi connectivity index (χ1v) is 6.70. The van der Waals surface area contributed by atoms with Gasteiger partial charge < -0.3 is 15.6 Å². The second-order valence-electron chi connectivity index (χ2n) is 4.79. The van der Waals surface area contributed by atoms with Crippen molar-refractivity contribution in [2.75, 3.05) is 0 Å². The van der Waals surface area contributed by atoms with Crippen LogP contribution in [0.5, 0.6) is 0 Å². The lowest BCUT2D eigenvalue weighted by molar-refractivity contribution is -0.121. The summed E-state index contributed by atoms with van der Waals surface area (Å²) in [5.74, 6) is 0.838. The van der Waals surface area contributed by atoms with Crippen LogP contribution >= 0.6 is 0 Å². The number of carbonyl (C=O) groups is 1. The molecule has 1 amide bonds. The van der Waals surface area contributed by atoms with E-state index < -0.39 is 0 Å². The van der Waals surface area contributed by atoms with Crippen molar-refractivity contribution < 1.29 is 4.79 Å². The van der Waals surface area contributed by atoms with Crippen molar-refractivity contribution in [1.29, 1.82) is 0 Å². The van der Waals surface area contributed by atoms with Crippen molar-refractivity contribution in [2.45, 2.75) is 25.4 Å². The van der Waals surface area contributed by atoms with E-state index in [9.17, 15) is 4.79 Å². The molecular weight excluding hydrogens is 252 g/mol. The fraction of sp³-hybridized carbons (Fsp3) is 0.333. The van der Waals surface area contributed by atoms with Gasteiger partial charge in [-0.1, -0.05) is 30.3 Å². The quantitative estimate of drug-likeness (QED) is 0.837. The first-order valence-electron chi connectivity index (χ1n) is 6.70. The Kier molecular flexibility index (Phi) is 4.90. The summed E-state index contributed by atoms with van der Waals surface area (Å²) in [6.07, 6.45) is 4.62. The highest BCUT2D eigenvalue weighted by molar-refractivity contribution is 5.75. The Morgan fingerprint density at radius 1 is 1.40 bits per heavy atom. The molecule has 0 radical (unpaired) electrons. The summed E-state index contributed by atoms with van der Waals surface area (Å²) in [6, 6.07) is 9.73. The Bertz CT molecular complexity index is 550. The standard InChI is InChI=1S/C15H20N4O/c1-19-10-9-17-14(19)11-18-15(20)8-7-13(16)12-5-3-2-4-6-12/h2-6,9-10,13H,7-8,11,16H2,1H3,(H,18,20). The number of nitrogens with zero attached hydrogens (tertiary/aromatic N) is 2. The van der Waals surface area contributed by atoms with Crippen LogP contribution in [0.3, 0.4) is 0 Å². The number of imidazole rings is 1. The van der Waals surface area contributed by atoms with Crippen molar-refractivity contribution in [3.63, 3.8) is 0 Å². The normalized spacial score (nSPS) is 12.1. The van der Waals surface area contributed by atoms with E-state index in [2.05, 4.69) is 10.3 Å². The van der Waals surface area contributed by atoms with Crippen LogP contribution in [0.1, 0.15) is 30.3 Å². The van der Waals surface area contributed by atoms with Crippen LogP contribution in [0.15, 0.2) is 42.7 Å². The SMILES string of the molecule is Cn1ccnc1CNC(=O)CCC(N)c1ccccc1. The van der Waals surface area contributed by atoms with Crippen LogP contribution in [0, 0.1) is 0 Å². The van der Waals surface area contributed by atoms with Gasteiger partial charge in [-0.2, -0.15) is 0 Å². The summed E-state index contributed by atoms with van der Waals surface area (Å²) in [5.41, 5.74) is 7.12. The molecule has 1 heterocycles.